The number of benzene rings is 1. The van der Waals surface area contributed by atoms with E-state index in [9.17, 15) is 5.11 Å². The first-order valence-electron chi connectivity index (χ1n) is 4.10. The van der Waals surface area contributed by atoms with Gasteiger partial charge in [0.15, 0.2) is 0 Å². The zero-order chi connectivity index (χ0) is 8.55. The van der Waals surface area contributed by atoms with Crippen molar-refractivity contribution < 1.29 is 5.11 Å². The van der Waals surface area contributed by atoms with Crippen LogP contribution in [0.1, 0.15) is 12.6 Å². The molecule has 2 aromatic rings. The van der Waals surface area contributed by atoms with Gasteiger partial charge in [-0.25, -0.2) is 0 Å². The summed E-state index contributed by atoms with van der Waals surface area (Å²) < 4.78 is 0. The summed E-state index contributed by atoms with van der Waals surface area (Å²) in [5.41, 5.74) is 2.21. The standard InChI is InChI=1S/C10H11NO/c1-2-8-5-7-3-4-9(12)6-10(7)11-8/h3-6,11-12H,2H2,1H3. The maximum Gasteiger partial charge on any atom is 0.117 e. The molecular weight excluding hydrogens is 150 g/mol. The molecule has 1 aromatic carbocycles. The van der Waals surface area contributed by atoms with E-state index >= 15 is 0 Å². The van der Waals surface area contributed by atoms with E-state index in [0.29, 0.717) is 5.75 Å². The fraction of sp³-hybridized carbons (Fsp3) is 0.200. The first-order valence-corrected chi connectivity index (χ1v) is 4.10. The molecule has 2 heteroatoms. The second kappa shape index (κ2) is 2.55. The minimum atomic E-state index is 0.312. The summed E-state index contributed by atoms with van der Waals surface area (Å²) in [7, 11) is 0. The summed E-state index contributed by atoms with van der Waals surface area (Å²) in [6, 6.07) is 7.47. The van der Waals surface area contributed by atoms with Crippen molar-refractivity contribution in [3.8, 4) is 5.75 Å². The minimum absolute atomic E-state index is 0.312. The highest BCUT2D eigenvalue weighted by Crippen LogP contribution is 2.20. The summed E-state index contributed by atoms with van der Waals surface area (Å²) in [4.78, 5) is 3.23. The zero-order valence-electron chi connectivity index (χ0n) is 6.96. The molecule has 0 bridgehead atoms. The lowest BCUT2D eigenvalue weighted by Gasteiger charge is -1.90. The number of aromatic hydroxyl groups is 1. The van der Waals surface area contributed by atoms with Crippen LogP contribution in [0.2, 0.25) is 0 Å². The molecular formula is C10H11NO. The number of hydrogen-bond acceptors (Lipinski definition) is 1. The number of aryl methyl sites for hydroxylation is 1. The van der Waals surface area contributed by atoms with E-state index in [2.05, 4.69) is 18.0 Å². The Morgan fingerprint density at radius 2 is 2.17 bits per heavy atom. The number of hydrogen-bond donors (Lipinski definition) is 2. The topological polar surface area (TPSA) is 36.0 Å². The second-order valence-corrected chi connectivity index (χ2v) is 2.92. The molecule has 0 aliphatic carbocycles. The van der Waals surface area contributed by atoms with Crippen molar-refractivity contribution in [3.63, 3.8) is 0 Å². The summed E-state index contributed by atoms with van der Waals surface area (Å²) in [6.45, 7) is 2.10. The molecule has 0 aliphatic heterocycles. The molecule has 0 atom stereocenters. The molecule has 0 unspecified atom stereocenters. The van der Waals surface area contributed by atoms with Gasteiger partial charge in [0, 0.05) is 17.3 Å². The van der Waals surface area contributed by atoms with Crippen LogP contribution in [-0.2, 0) is 6.42 Å². The van der Waals surface area contributed by atoms with E-state index in [1.165, 1.54) is 5.69 Å². The smallest absolute Gasteiger partial charge is 0.117 e. The molecule has 1 aromatic heterocycles. The van der Waals surface area contributed by atoms with Crippen molar-refractivity contribution in [1.29, 1.82) is 0 Å². The number of rotatable bonds is 1. The maximum absolute atomic E-state index is 9.19. The first-order chi connectivity index (χ1) is 5.79. The van der Waals surface area contributed by atoms with Crippen LogP contribution < -0.4 is 0 Å². The Labute approximate surface area is 70.8 Å². The monoisotopic (exact) mass is 161 g/mol. The van der Waals surface area contributed by atoms with Gasteiger partial charge in [0.05, 0.1) is 0 Å². The Kier molecular flexibility index (Phi) is 1.54. The fourth-order valence-corrected chi connectivity index (χ4v) is 1.37. The molecule has 0 saturated carbocycles. The van der Waals surface area contributed by atoms with E-state index < -0.39 is 0 Å². The molecule has 2 nitrogen and oxygen atoms in total. The first kappa shape index (κ1) is 7.22. The maximum atomic E-state index is 9.19. The third kappa shape index (κ3) is 1.05. The number of phenols is 1. The molecule has 62 valence electrons. The van der Waals surface area contributed by atoms with E-state index in [0.717, 1.165) is 17.3 Å². The van der Waals surface area contributed by atoms with Crippen LogP contribution >= 0.6 is 0 Å². The zero-order valence-corrected chi connectivity index (χ0v) is 6.96. The Morgan fingerprint density at radius 3 is 2.92 bits per heavy atom. The number of fused-ring (bicyclic) bond motifs is 1. The molecule has 0 fully saturated rings. The molecule has 0 spiro atoms. The van der Waals surface area contributed by atoms with Gasteiger partial charge < -0.3 is 10.1 Å². The van der Waals surface area contributed by atoms with Gasteiger partial charge >= 0.3 is 0 Å². The third-order valence-corrected chi connectivity index (χ3v) is 2.04. The van der Waals surface area contributed by atoms with Crippen molar-refractivity contribution in [3.05, 3.63) is 30.0 Å². The molecule has 0 radical (unpaired) electrons. The molecule has 2 N–H and O–H groups in total. The van der Waals surface area contributed by atoms with Crippen molar-refractivity contribution in [2.24, 2.45) is 0 Å². The number of aromatic nitrogens is 1. The van der Waals surface area contributed by atoms with Crippen LogP contribution in [0.5, 0.6) is 5.75 Å². The molecule has 12 heavy (non-hydrogen) atoms. The predicted molar refractivity (Wildman–Crippen MR) is 49.3 cm³/mol. The van der Waals surface area contributed by atoms with Gasteiger partial charge in [0.25, 0.3) is 0 Å². The highest BCUT2D eigenvalue weighted by molar-refractivity contribution is 5.81. The Bertz CT molecular complexity index is 403. The van der Waals surface area contributed by atoms with Crippen LogP contribution in [0.3, 0.4) is 0 Å². The summed E-state index contributed by atoms with van der Waals surface area (Å²) in [5.74, 6) is 0.312. The highest BCUT2D eigenvalue weighted by atomic mass is 16.3. The van der Waals surface area contributed by atoms with E-state index in [-0.39, 0.29) is 0 Å². The molecule has 2 rings (SSSR count). The van der Waals surface area contributed by atoms with E-state index in [4.69, 9.17) is 0 Å². The summed E-state index contributed by atoms with van der Waals surface area (Å²) in [5, 5.41) is 10.3. The summed E-state index contributed by atoms with van der Waals surface area (Å²) >= 11 is 0. The highest BCUT2D eigenvalue weighted by Gasteiger charge is 1.98. The van der Waals surface area contributed by atoms with Crippen molar-refractivity contribution in [2.75, 3.05) is 0 Å². The van der Waals surface area contributed by atoms with Crippen LogP contribution in [0.15, 0.2) is 24.3 Å². The molecule has 0 saturated heterocycles. The van der Waals surface area contributed by atoms with Crippen molar-refractivity contribution in [2.45, 2.75) is 13.3 Å². The van der Waals surface area contributed by atoms with Gasteiger partial charge in [-0.1, -0.05) is 6.92 Å². The molecule has 1 heterocycles. The second-order valence-electron chi connectivity index (χ2n) is 2.92. The lowest BCUT2D eigenvalue weighted by molar-refractivity contribution is 0.476. The lowest BCUT2D eigenvalue weighted by atomic mass is 10.2. The van der Waals surface area contributed by atoms with Gasteiger partial charge in [-0.3, -0.25) is 0 Å². The number of aromatic amines is 1. The van der Waals surface area contributed by atoms with Crippen LogP contribution in [-0.4, -0.2) is 10.1 Å². The van der Waals surface area contributed by atoms with Crippen molar-refractivity contribution in [1.82, 2.24) is 4.98 Å². The number of nitrogens with one attached hydrogen (secondary N) is 1. The average molecular weight is 161 g/mol. The Morgan fingerprint density at radius 1 is 1.33 bits per heavy atom. The van der Waals surface area contributed by atoms with Gasteiger partial charge in [-0.15, -0.1) is 0 Å². The normalized spacial score (nSPS) is 10.8. The quantitative estimate of drug-likeness (QED) is 0.662. The number of H-pyrrole nitrogens is 1. The van der Waals surface area contributed by atoms with Gasteiger partial charge in [0.1, 0.15) is 5.75 Å². The largest absolute Gasteiger partial charge is 0.508 e. The minimum Gasteiger partial charge on any atom is -0.508 e. The third-order valence-electron chi connectivity index (χ3n) is 2.04. The summed E-state index contributed by atoms with van der Waals surface area (Å²) in [6.07, 6.45) is 0.995. The van der Waals surface area contributed by atoms with Crippen molar-refractivity contribution >= 4 is 10.9 Å². The van der Waals surface area contributed by atoms with Gasteiger partial charge in [0.2, 0.25) is 0 Å². The molecule has 0 amide bonds. The average Bonchev–Trinajstić information content (AvgIpc) is 2.46. The van der Waals surface area contributed by atoms with E-state index in [1.54, 1.807) is 12.1 Å². The predicted octanol–water partition coefficient (Wildman–Crippen LogP) is 2.44. The fourth-order valence-electron chi connectivity index (χ4n) is 1.37. The number of phenolic OH excluding ortho intramolecular Hbond substituents is 1. The Balaban J connectivity index is 2.67. The lowest BCUT2D eigenvalue weighted by Crippen LogP contribution is -1.75. The molecule has 0 aliphatic rings. The van der Waals surface area contributed by atoms with Crippen LogP contribution in [0, 0.1) is 0 Å². The SMILES string of the molecule is CCc1cc2ccc(O)cc2[nH]1. The van der Waals surface area contributed by atoms with Crippen LogP contribution in [0.25, 0.3) is 10.9 Å². The van der Waals surface area contributed by atoms with E-state index in [1.807, 2.05) is 6.07 Å². The Hall–Kier alpha value is -1.44. The van der Waals surface area contributed by atoms with Gasteiger partial charge in [-0.05, 0) is 30.0 Å². The van der Waals surface area contributed by atoms with Crippen LogP contribution in [0.4, 0.5) is 0 Å². The van der Waals surface area contributed by atoms with Gasteiger partial charge in [-0.2, -0.15) is 0 Å².